The van der Waals surface area contributed by atoms with Crippen molar-refractivity contribution in [2.24, 2.45) is 0 Å². The van der Waals surface area contributed by atoms with Gasteiger partial charge in [0.1, 0.15) is 0 Å². The SMILES string of the molecule is C=C(CCN1CCOCC1)C(=O)OC(=O)O.[H-].[Na+]. The Morgan fingerprint density at radius 3 is 2.53 bits per heavy atom. The zero-order valence-electron chi connectivity index (χ0n) is 11.0. The molecule has 17 heavy (non-hydrogen) atoms. The van der Waals surface area contributed by atoms with Crippen LogP contribution in [0.2, 0.25) is 0 Å². The van der Waals surface area contributed by atoms with Crippen molar-refractivity contribution in [3.63, 3.8) is 0 Å². The van der Waals surface area contributed by atoms with Crippen LogP contribution in [0.3, 0.4) is 0 Å². The van der Waals surface area contributed by atoms with Crippen LogP contribution in [-0.4, -0.2) is 55.0 Å². The fraction of sp³-hybridized carbons (Fsp3) is 0.600. The number of hydrogen-bond donors (Lipinski definition) is 1. The van der Waals surface area contributed by atoms with Gasteiger partial charge in [-0.25, -0.2) is 9.59 Å². The van der Waals surface area contributed by atoms with Crippen LogP contribution in [0.1, 0.15) is 7.85 Å². The molecule has 0 radical (unpaired) electrons. The maximum atomic E-state index is 11.1. The number of hydrogen-bond acceptors (Lipinski definition) is 5. The van der Waals surface area contributed by atoms with Gasteiger partial charge >= 0.3 is 41.7 Å². The van der Waals surface area contributed by atoms with Gasteiger partial charge in [-0.05, 0) is 6.42 Å². The van der Waals surface area contributed by atoms with Gasteiger partial charge in [0, 0.05) is 25.2 Å². The van der Waals surface area contributed by atoms with Gasteiger partial charge in [-0.2, -0.15) is 0 Å². The molecule has 0 spiro atoms. The number of carbonyl (C=O) groups excluding carboxylic acids is 1. The maximum absolute atomic E-state index is 11.1. The van der Waals surface area contributed by atoms with Gasteiger partial charge in [-0.1, -0.05) is 6.58 Å². The number of carbonyl (C=O) groups is 2. The Hall–Kier alpha value is -0.400. The normalized spacial score (nSPS) is 15.8. The van der Waals surface area contributed by atoms with Crippen molar-refractivity contribution in [2.75, 3.05) is 32.8 Å². The number of carboxylic acid groups (broad SMARTS) is 1. The van der Waals surface area contributed by atoms with Crippen LogP contribution in [-0.2, 0) is 14.3 Å². The Kier molecular flexibility index (Phi) is 8.45. The van der Waals surface area contributed by atoms with Crippen molar-refractivity contribution >= 4 is 12.1 Å². The van der Waals surface area contributed by atoms with Gasteiger partial charge in [-0.15, -0.1) is 0 Å². The molecule has 1 N–H and O–H groups in total. The van der Waals surface area contributed by atoms with Gasteiger partial charge in [-0.3, -0.25) is 4.90 Å². The first-order chi connectivity index (χ1) is 7.59. The number of nitrogens with zero attached hydrogens (tertiary/aromatic N) is 1. The summed E-state index contributed by atoms with van der Waals surface area (Å²) in [6, 6.07) is 0. The third kappa shape index (κ3) is 6.80. The Balaban J connectivity index is 0. The molecule has 0 aromatic heterocycles. The van der Waals surface area contributed by atoms with Gasteiger partial charge in [0.2, 0.25) is 0 Å². The van der Waals surface area contributed by atoms with E-state index in [-0.39, 0.29) is 36.6 Å². The molecule has 0 aromatic rings. The van der Waals surface area contributed by atoms with Crippen molar-refractivity contribution in [2.45, 2.75) is 6.42 Å². The summed E-state index contributed by atoms with van der Waals surface area (Å²) in [6.07, 6.45) is -1.19. The number of esters is 1. The predicted octanol–water partition coefficient (Wildman–Crippen LogP) is -2.40. The summed E-state index contributed by atoms with van der Waals surface area (Å²) in [6.45, 7) is 7.17. The van der Waals surface area contributed by atoms with Crippen LogP contribution in [0.15, 0.2) is 12.2 Å². The Bertz CT molecular complexity index is 294. The van der Waals surface area contributed by atoms with E-state index in [1.807, 2.05) is 0 Å². The van der Waals surface area contributed by atoms with Crippen LogP contribution in [0.4, 0.5) is 4.79 Å². The summed E-state index contributed by atoms with van der Waals surface area (Å²) in [7, 11) is 0. The molecule has 0 aliphatic carbocycles. The third-order valence-corrected chi connectivity index (χ3v) is 2.30. The summed E-state index contributed by atoms with van der Waals surface area (Å²) in [5, 5.41) is 8.24. The van der Waals surface area contributed by atoms with E-state index in [0.29, 0.717) is 26.2 Å². The topological polar surface area (TPSA) is 76.1 Å². The summed E-state index contributed by atoms with van der Waals surface area (Å²) in [5.41, 5.74) is 0.175. The van der Waals surface area contributed by atoms with Crippen molar-refractivity contribution in [1.29, 1.82) is 0 Å². The van der Waals surface area contributed by atoms with E-state index in [4.69, 9.17) is 9.84 Å². The second kappa shape index (κ2) is 8.66. The maximum Gasteiger partial charge on any atom is 1.00 e. The first-order valence-electron chi connectivity index (χ1n) is 5.02. The minimum Gasteiger partial charge on any atom is -1.00 e. The van der Waals surface area contributed by atoms with E-state index in [1.165, 1.54) is 0 Å². The van der Waals surface area contributed by atoms with Crippen molar-refractivity contribution < 1.29 is 55.2 Å². The molecule has 1 fully saturated rings. The van der Waals surface area contributed by atoms with Gasteiger partial charge in [0.25, 0.3) is 0 Å². The van der Waals surface area contributed by atoms with E-state index in [2.05, 4.69) is 16.2 Å². The Morgan fingerprint density at radius 2 is 2.00 bits per heavy atom. The second-order valence-corrected chi connectivity index (χ2v) is 3.46. The molecule has 1 heterocycles. The van der Waals surface area contributed by atoms with Crippen molar-refractivity contribution in [3.8, 4) is 0 Å². The molecule has 0 aromatic carbocycles. The van der Waals surface area contributed by atoms with Crippen LogP contribution < -0.4 is 29.6 Å². The first-order valence-corrected chi connectivity index (χ1v) is 5.02. The zero-order valence-corrected chi connectivity index (χ0v) is 12.0. The Labute approximate surface area is 123 Å². The van der Waals surface area contributed by atoms with Crippen LogP contribution in [0.25, 0.3) is 0 Å². The fourth-order valence-electron chi connectivity index (χ4n) is 1.37. The molecule has 92 valence electrons. The molecule has 0 bridgehead atoms. The average Bonchev–Trinajstić information content (AvgIpc) is 2.26. The second-order valence-electron chi connectivity index (χ2n) is 3.46. The van der Waals surface area contributed by atoms with Crippen molar-refractivity contribution in [3.05, 3.63) is 12.2 Å². The van der Waals surface area contributed by atoms with Gasteiger partial charge < -0.3 is 16.0 Å². The smallest absolute Gasteiger partial charge is 1.00 e. The molecule has 1 aliphatic rings. The number of rotatable bonds is 4. The minimum atomic E-state index is -1.60. The monoisotopic (exact) mass is 253 g/mol. The zero-order chi connectivity index (χ0) is 12.0. The van der Waals surface area contributed by atoms with E-state index < -0.39 is 12.1 Å². The summed E-state index contributed by atoms with van der Waals surface area (Å²) < 4.78 is 9.16. The average molecular weight is 253 g/mol. The van der Waals surface area contributed by atoms with E-state index in [1.54, 1.807) is 0 Å². The molecule has 0 amide bonds. The standard InChI is InChI=1S/C10H15NO5.Na.H/c1-8(9(12)16-10(13)14)2-3-11-4-6-15-7-5-11;;/h1-7H2,(H,13,14);;/q;+1;-1. The molecule has 1 saturated heterocycles. The Morgan fingerprint density at radius 1 is 1.41 bits per heavy atom. The molecule has 0 atom stereocenters. The number of ether oxygens (including phenoxy) is 2. The molecule has 0 unspecified atom stereocenters. The molecule has 0 saturated carbocycles. The third-order valence-electron chi connectivity index (χ3n) is 2.30. The molecular weight excluding hydrogens is 237 g/mol. The van der Waals surface area contributed by atoms with Crippen LogP contribution in [0, 0.1) is 0 Å². The molecule has 1 rings (SSSR count). The fourth-order valence-corrected chi connectivity index (χ4v) is 1.37. The predicted molar refractivity (Wildman–Crippen MR) is 56.2 cm³/mol. The van der Waals surface area contributed by atoms with E-state index >= 15 is 0 Å². The molecule has 1 aliphatic heterocycles. The van der Waals surface area contributed by atoms with E-state index in [0.717, 1.165) is 13.1 Å². The minimum absolute atomic E-state index is 0. The summed E-state index contributed by atoms with van der Waals surface area (Å²) in [4.78, 5) is 23.3. The van der Waals surface area contributed by atoms with E-state index in [9.17, 15) is 9.59 Å². The number of morpholine rings is 1. The van der Waals surface area contributed by atoms with Crippen LogP contribution >= 0.6 is 0 Å². The molecule has 7 heteroatoms. The first kappa shape index (κ1) is 16.6. The molecule has 6 nitrogen and oxygen atoms in total. The summed E-state index contributed by atoms with van der Waals surface area (Å²) in [5.74, 6) is -0.874. The van der Waals surface area contributed by atoms with Crippen molar-refractivity contribution in [1.82, 2.24) is 4.90 Å². The quantitative estimate of drug-likeness (QED) is 0.260. The largest absolute Gasteiger partial charge is 1.00 e. The molecular formula is C10H16NNaO5. The summed E-state index contributed by atoms with van der Waals surface area (Å²) >= 11 is 0. The van der Waals surface area contributed by atoms with Crippen LogP contribution in [0.5, 0.6) is 0 Å². The van der Waals surface area contributed by atoms with Gasteiger partial charge in [0.05, 0.1) is 13.2 Å². The van der Waals surface area contributed by atoms with Gasteiger partial charge in [0.15, 0.2) is 0 Å².